The number of fused-ring (bicyclic) bond motifs is 1. The van der Waals surface area contributed by atoms with Crippen molar-refractivity contribution in [1.29, 1.82) is 0 Å². The number of nitrogen functional groups attached to an aromatic ring is 1. The molecule has 5 nitrogen and oxygen atoms in total. The number of aromatic nitrogens is 1. The third kappa shape index (κ3) is 1.40. The zero-order chi connectivity index (χ0) is 9.26. The molecule has 2 heterocycles. The number of pyridine rings is 1. The van der Waals surface area contributed by atoms with Gasteiger partial charge in [-0.3, -0.25) is 0 Å². The molecule has 1 aromatic heterocycles. The van der Waals surface area contributed by atoms with Crippen LogP contribution in [0.15, 0.2) is 12.1 Å². The minimum absolute atomic E-state index is 0.332. The molecule has 3 N–H and O–H groups in total. The van der Waals surface area contributed by atoms with Crippen molar-refractivity contribution in [1.82, 2.24) is 4.98 Å². The topological polar surface area (TPSA) is 77.2 Å². The summed E-state index contributed by atoms with van der Waals surface area (Å²) in [5.74, 6) is 1.57. The smallest absolute Gasteiger partial charge is 0.171 e. The monoisotopic (exact) mass is 179 g/mol. The second-order valence-corrected chi connectivity index (χ2v) is 2.78. The molecule has 1 aliphatic heterocycles. The number of carbonyl (C=O) groups is 1. The number of carbonyl (C=O) groups excluding carboxylic acids is 1. The number of hydrogen-bond acceptors (Lipinski definition) is 5. The van der Waals surface area contributed by atoms with E-state index in [-0.39, 0.29) is 6.04 Å². The molecule has 0 aromatic carbocycles. The molecule has 0 spiro atoms. The van der Waals surface area contributed by atoms with Gasteiger partial charge in [-0.05, 0) is 12.1 Å². The maximum atomic E-state index is 10.5. The van der Waals surface area contributed by atoms with Crippen molar-refractivity contribution >= 4 is 17.9 Å². The van der Waals surface area contributed by atoms with Gasteiger partial charge >= 0.3 is 0 Å². The quantitative estimate of drug-likeness (QED) is 0.595. The molecule has 1 aromatic rings. The van der Waals surface area contributed by atoms with E-state index in [0.29, 0.717) is 24.0 Å². The van der Waals surface area contributed by atoms with Crippen LogP contribution in [0.4, 0.5) is 11.6 Å². The highest BCUT2D eigenvalue weighted by atomic mass is 16.5. The van der Waals surface area contributed by atoms with Crippen molar-refractivity contribution in [2.75, 3.05) is 17.7 Å². The van der Waals surface area contributed by atoms with Crippen LogP contribution in [0.5, 0.6) is 5.75 Å². The van der Waals surface area contributed by atoms with Crippen molar-refractivity contribution in [3.05, 3.63) is 12.1 Å². The normalized spacial score (nSPS) is 19.5. The summed E-state index contributed by atoms with van der Waals surface area (Å²) in [6, 6.07) is 3.05. The first-order chi connectivity index (χ1) is 6.29. The van der Waals surface area contributed by atoms with Crippen LogP contribution in [0.3, 0.4) is 0 Å². The molecule has 0 saturated heterocycles. The van der Waals surface area contributed by atoms with Crippen LogP contribution in [0.1, 0.15) is 0 Å². The first-order valence-electron chi connectivity index (χ1n) is 3.91. The fourth-order valence-electron chi connectivity index (χ4n) is 1.15. The van der Waals surface area contributed by atoms with Crippen molar-refractivity contribution in [3.63, 3.8) is 0 Å². The van der Waals surface area contributed by atoms with Gasteiger partial charge in [0.05, 0.1) is 0 Å². The fraction of sp³-hybridized carbons (Fsp3) is 0.250. The van der Waals surface area contributed by atoms with Gasteiger partial charge in [-0.15, -0.1) is 0 Å². The highest BCUT2D eigenvalue weighted by Gasteiger charge is 2.18. The standard InChI is InChI=1S/C8H9N3O2/c9-7-2-1-6-8(11-7)10-5(3-12)4-13-6/h1-3,5H,4H2,(H3,9,10,11). The van der Waals surface area contributed by atoms with Gasteiger partial charge in [0, 0.05) is 0 Å². The number of aldehydes is 1. The maximum absolute atomic E-state index is 10.5. The number of rotatable bonds is 1. The molecule has 5 heteroatoms. The van der Waals surface area contributed by atoms with E-state index in [0.717, 1.165) is 6.29 Å². The van der Waals surface area contributed by atoms with Crippen molar-refractivity contribution in [2.24, 2.45) is 0 Å². The average molecular weight is 179 g/mol. The molecule has 0 amide bonds. The number of nitrogens with two attached hydrogens (primary N) is 1. The van der Waals surface area contributed by atoms with Gasteiger partial charge < -0.3 is 20.6 Å². The van der Waals surface area contributed by atoms with E-state index in [1.165, 1.54) is 0 Å². The van der Waals surface area contributed by atoms with Crippen LogP contribution in [-0.4, -0.2) is 23.9 Å². The van der Waals surface area contributed by atoms with Crippen molar-refractivity contribution in [3.8, 4) is 5.75 Å². The Morgan fingerprint density at radius 2 is 2.54 bits per heavy atom. The molecule has 0 aliphatic carbocycles. The SMILES string of the molecule is Nc1ccc2c(n1)NC(C=O)CO2. The Morgan fingerprint density at radius 1 is 1.69 bits per heavy atom. The Labute approximate surface area is 74.9 Å². The molecule has 0 radical (unpaired) electrons. The predicted octanol–water partition coefficient (Wildman–Crippen LogP) is 0.0356. The van der Waals surface area contributed by atoms with Crippen LogP contribution in [0.25, 0.3) is 0 Å². The highest BCUT2D eigenvalue weighted by molar-refractivity contribution is 5.68. The molecule has 1 aliphatic rings. The lowest BCUT2D eigenvalue weighted by molar-refractivity contribution is -0.109. The molecule has 13 heavy (non-hydrogen) atoms. The van der Waals surface area contributed by atoms with Gasteiger partial charge in [-0.1, -0.05) is 0 Å². The number of anilines is 2. The third-order valence-electron chi connectivity index (χ3n) is 1.78. The summed E-state index contributed by atoms with van der Waals surface area (Å²) in [4.78, 5) is 14.4. The summed E-state index contributed by atoms with van der Waals surface area (Å²) < 4.78 is 5.27. The van der Waals surface area contributed by atoms with E-state index < -0.39 is 0 Å². The minimum Gasteiger partial charge on any atom is -0.487 e. The molecule has 2 rings (SSSR count). The molecule has 0 saturated carbocycles. The number of hydrogen-bond donors (Lipinski definition) is 2. The second-order valence-electron chi connectivity index (χ2n) is 2.78. The molecular formula is C8H9N3O2. The van der Waals surface area contributed by atoms with Gasteiger partial charge in [-0.2, -0.15) is 0 Å². The Balaban J connectivity index is 2.32. The van der Waals surface area contributed by atoms with Gasteiger partial charge in [0.1, 0.15) is 24.8 Å². The molecule has 68 valence electrons. The van der Waals surface area contributed by atoms with Crippen LogP contribution in [0, 0.1) is 0 Å². The summed E-state index contributed by atoms with van der Waals surface area (Å²) in [6.45, 7) is 0.335. The van der Waals surface area contributed by atoms with Crippen LogP contribution >= 0.6 is 0 Å². The summed E-state index contributed by atoms with van der Waals surface area (Å²) in [7, 11) is 0. The summed E-state index contributed by atoms with van der Waals surface area (Å²) in [5, 5.41) is 2.90. The molecular weight excluding hydrogens is 170 g/mol. The highest BCUT2D eigenvalue weighted by Crippen LogP contribution is 2.26. The number of nitrogens with zero attached hydrogens (tertiary/aromatic N) is 1. The van der Waals surface area contributed by atoms with E-state index in [9.17, 15) is 4.79 Å². The van der Waals surface area contributed by atoms with Crippen LogP contribution in [0.2, 0.25) is 0 Å². The van der Waals surface area contributed by atoms with Gasteiger partial charge in [0.2, 0.25) is 0 Å². The zero-order valence-corrected chi connectivity index (χ0v) is 6.86. The third-order valence-corrected chi connectivity index (χ3v) is 1.78. The Morgan fingerprint density at radius 3 is 3.31 bits per heavy atom. The molecule has 1 atom stereocenters. The Kier molecular flexibility index (Phi) is 1.77. The summed E-state index contributed by atoms with van der Waals surface area (Å²) >= 11 is 0. The Hall–Kier alpha value is -1.78. The van der Waals surface area contributed by atoms with Gasteiger partial charge in [0.25, 0.3) is 0 Å². The van der Waals surface area contributed by atoms with E-state index in [2.05, 4.69) is 10.3 Å². The summed E-state index contributed by atoms with van der Waals surface area (Å²) in [6.07, 6.45) is 0.786. The van der Waals surface area contributed by atoms with Crippen LogP contribution < -0.4 is 15.8 Å². The zero-order valence-electron chi connectivity index (χ0n) is 6.86. The largest absolute Gasteiger partial charge is 0.487 e. The fourth-order valence-corrected chi connectivity index (χ4v) is 1.15. The van der Waals surface area contributed by atoms with Crippen molar-refractivity contribution < 1.29 is 9.53 Å². The van der Waals surface area contributed by atoms with E-state index in [1.54, 1.807) is 12.1 Å². The van der Waals surface area contributed by atoms with Gasteiger partial charge in [-0.25, -0.2) is 4.98 Å². The number of nitrogens with one attached hydrogen (secondary N) is 1. The van der Waals surface area contributed by atoms with E-state index >= 15 is 0 Å². The predicted molar refractivity (Wildman–Crippen MR) is 47.6 cm³/mol. The maximum Gasteiger partial charge on any atom is 0.171 e. The average Bonchev–Trinajstić information content (AvgIpc) is 2.16. The molecule has 0 bridgehead atoms. The van der Waals surface area contributed by atoms with Crippen LogP contribution in [-0.2, 0) is 4.79 Å². The lowest BCUT2D eigenvalue weighted by Crippen LogP contribution is -2.33. The minimum atomic E-state index is -0.332. The first kappa shape index (κ1) is 7.85. The van der Waals surface area contributed by atoms with E-state index in [4.69, 9.17) is 10.5 Å². The lowest BCUT2D eigenvalue weighted by Gasteiger charge is -2.22. The molecule has 1 unspecified atom stereocenters. The second kappa shape index (κ2) is 2.93. The van der Waals surface area contributed by atoms with Gasteiger partial charge in [0.15, 0.2) is 11.6 Å². The lowest BCUT2D eigenvalue weighted by atomic mass is 10.3. The first-order valence-corrected chi connectivity index (χ1v) is 3.91. The summed E-state index contributed by atoms with van der Waals surface area (Å²) in [5.41, 5.74) is 5.47. The van der Waals surface area contributed by atoms with E-state index in [1.807, 2.05) is 0 Å². The Bertz CT molecular complexity index is 340. The number of ether oxygens (including phenoxy) is 1. The molecule has 0 fully saturated rings. The van der Waals surface area contributed by atoms with Crippen molar-refractivity contribution in [2.45, 2.75) is 6.04 Å².